The van der Waals surface area contributed by atoms with Crippen LogP contribution in [0.4, 0.5) is 0 Å². The van der Waals surface area contributed by atoms with Gasteiger partial charge < -0.3 is 10.1 Å². The SMILES string of the molecule is COC(=O)Cn1cnc(C=C2CCCCN2)n1.Cl. The van der Waals surface area contributed by atoms with E-state index in [0.717, 1.165) is 18.7 Å². The predicted molar refractivity (Wildman–Crippen MR) is 69.1 cm³/mol. The zero-order valence-corrected chi connectivity index (χ0v) is 11.1. The van der Waals surface area contributed by atoms with E-state index in [9.17, 15) is 4.79 Å². The number of ether oxygens (including phenoxy) is 1. The first-order valence-corrected chi connectivity index (χ1v) is 5.68. The molecule has 100 valence electrons. The summed E-state index contributed by atoms with van der Waals surface area (Å²) in [5.41, 5.74) is 1.16. The number of allylic oxidation sites excluding steroid dienone is 1. The van der Waals surface area contributed by atoms with Gasteiger partial charge in [0.25, 0.3) is 0 Å². The van der Waals surface area contributed by atoms with Gasteiger partial charge in [0.1, 0.15) is 12.9 Å². The summed E-state index contributed by atoms with van der Waals surface area (Å²) in [6.07, 6.45) is 6.90. The lowest BCUT2D eigenvalue weighted by Gasteiger charge is -2.15. The second-order valence-corrected chi connectivity index (χ2v) is 3.93. The molecular weight excluding hydrogens is 256 g/mol. The maximum atomic E-state index is 11.0. The Labute approximate surface area is 112 Å². The molecule has 1 fully saturated rings. The van der Waals surface area contributed by atoms with Gasteiger partial charge in [-0.3, -0.25) is 4.79 Å². The number of nitrogens with zero attached hydrogens (tertiary/aromatic N) is 3. The molecule has 1 aliphatic rings. The molecule has 1 aromatic rings. The molecule has 2 rings (SSSR count). The predicted octanol–water partition coefficient (Wildman–Crippen LogP) is 0.987. The van der Waals surface area contributed by atoms with Gasteiger partial charge in [-0.05, 0) is 19.3 Å². The van der Waals surface area contributed by atoms with Crippen LogP contribution in [0.15, 0.2) is 12.0 Å². The number of rotatable bonds is 3. The standard InChI is InChI=1S/C11H16N4O2.ClH/c1-17-11(16)7-15-8-13-10(14-15)6-9-4-2-3-5-12-9;/h6,8,12H,2-5,7H2,1H3;1H. The van der Waals surface area contributed by atoms with Gasteiger partial charge in [-0.25, -0.2) is 9.67 Å². The maximum absolute atomic E-state index is 11.0. The van der Waals surface area contributed by atoms with E-state index in [1.165, 1.54) is 31.0 Å². The molecular formula is C11H17ClN4O2. The minimum absolute atomic E-state index is 0. The fourth-order valence-corrected chi connectivity index (χ4v) is 1.70. The topological polar surface area (TPSA) is 69.0 Å². The van der Waals surface area contributed by atoms with Gasteiger partial charge in [-0.1, -0.05) is 0 Å². The molecule has 7 heteroatoms. The number of piperidine rings is 1. The summed E-state index contributed by atoms with van der Waals surface area (Å²) in [5.74, 6) is 0.295. The molecule has 1 N–H and O–H groups in total. The normalized spacial score (nSPS) is 16.8. The zero-order chi connectivity index (χ0) is 12.1. The second kappa shape index (κ2) is 7.00. The van der Waals surface area contributed by atoms with Crippen LogP contribution in [-0.4, -0.2) is 34.4 Å². The summed E-state index contributed by atoms with van der Waals surface area (Å²) in [7, 11) is 1.36. The molecule has 0 bridgehead atoms. The van der Waals surface area contributed by atoms with Crippen LogP contribution in [0.2, 0.25) is 0 Å². The van der Waals surface area contributed by atoms with Crippen molar-refractivity contribution in [1.82, 2.24) is 20.1 Å². The number of halogens is 1. The lowest BCUT2D eigenvalue weighted by molar-refractivity contribution is -0.141. The van der Waals surface area contributed by atoms with Crippen molar-refractivity contribution in [3.8, 4) is 0 Å². The van der Waals surface area contributed by atoms with Gasteiger partial charge in [0.2, 0.25) is 0 Å². The number of nitrogens with one attached hydrogen (secondary N) is 1. The molecule has 0 aliphatic carbocycles. The van der Waals surface area contributed by atoms with E-state index in [1.54, 1.807) is 0 Å². The van der Waals surface area contributed by atoms with Gasteiger partial charge in [-0.2, -0.15) is 5.10 Å². The first-order valence-electron chi connectivity index (χ1n) is 5.68. The fraction of sp³-hybridized carbons (Fsp3) is 0.545. The Balaban J connectivity index is 0.00000162. The van der Waals surface area contributed by atoms with Crippen LogP contribution in [0.25, 0.3) is 6.08 Å². The Hall–Kier alpha value is -1.56. The van der Waals surface area contributed by atoms with Crippen molar-refractivity contribution in [1.29, 1.82) is 0 Å². The van der Waals surface area contributed by atoms with Crippen molar-refractivity contribution >= 4 is 24.5 Å². The Morgan fingerprint density at radius 2 is 2.44 bits per heavy atom. The van der Waals surface area contributed by atoms with Gasteiger partial charge in [0, 0.05) is 18.3 Å². The van der Waals surface area contributed by atoms with Crippen molar-refractivity contribution in [3.05, 3.63) is 17.8 Å². The van der Waals surface area contributed by atoms with E-state index in [4.69, 9.17) is 0 Å². The van der Waals surface area contributed by atoms with Crippen LogP contribution in [0.3, 0.4) is 0 Å². The molecule has 0 radical (unpaired) electrons. The highest BCUT2D eigenvalue weighted by molar-refractivity contribution is 5.85. The highest BCUT2D eigenvalue weighted by Crippen LogP contribution is 2.12. The number of aromatic nitrogens is 3. The number of methoxy groups -OCH3 is 1. The minimum Gasteiger partial charge on any atom is -0.468 e. The Kier molecular flexibility index (Phi) is 5.64. The number of hydrogen-bond donors (Lipinski definition) is 1. The monoisotopic (exact) mass is 272 g/mol. The summed E-state index contributed by atoms with van der Waals surface area (Å²) in [6.45, 7) is 1.11. The summed E-state index contributed by atoms with van der Waals surface area (Å²) >= 11 is 0. The van der Waals surface area contributed by atoms with Crippen LogP contribution in [-0.2, 0) is 16.1 Å². The zero-order valence-electron chi connectivity index (χ0n) is 10.3. The van der Waals surface area contributed by atoms with Gasteiger partial charge in [0.15, 0.2) is 5.82 Å². The average Bonchev–Trinajstić information content (AvgIpc) is 2.77. The molecule has 1 aromatic heterocycles. The van der Waals surface area contributed by atoms with E-state index in [0.29, 0.717) is 5.82 Å². The molecule has 1 aliphatic heterocycles. The molecule has 0 aromatic carbocycles. The van der Waals surface area contributed by atoms with Crippen LogP contribution < -0.4 is 5.32 Å². The van der Waals surface area contributed by atoms with Crippen molar-refractivity contribution in [2.24, 2.45) is 0 Å². The fourth-order valence-electron chi connectivity index (χ4n) is 1.70. The van der Waals surface area contributed by atoms with E-state index in [2.05, 4.69) is 20.1 Å². The van der Waals surface area contributed by atoms with Crippen molar-refractivity contribution in [2.75, 3.05) is 13.7 Å². The molecule has 2 heterocycles. The summed E-state index contributed by atoms with van der Waals surface area (Å²) in [4.78, 5) is 15.2. The summed E-state index contributed by atoms with van der Waals surface area (Å²) in [6, 6.07) is 0. The molecule has 18 heavy (non-hydrogen) atoms. The summed E-state index contributed by atoms with van der Waals surface area (Å²) < 4.78 is 6.03. The molecule has 0 atom stereocenters. The smallest absolute Gasteiger partial charge is 0.327 e. The lowest BCUT2D eigenvalue weighted by atomic mass is 10.1. The van der Waals surface area contributed by atoms with Gasteiger partial charge in [-0.15, -0.1) is 12.4 Å². The highest BCUT2D eigenvalue weighted by atomic mass is 35.5. The Bertz CT molecular complexity index is 422. The van der Waals surface area contributed by atoms with Crippen molar-refractivity contribution in [3.63, 3.8) is 0 Å². The number of carbonyl (C=O) groups excluding carboxylic acids is 1. The number of hydrogen-bond acceptors (Lipinski definition) is 5. The van der Waals surface area contributed by atoms with Crippen molar-refractivity contribution < 1.29 is 9.53 Å². The largest absolute Gasteiger partial charge is 0.468 e. The quantitative estimate of drug-likeness (QED) is 0.831. The second-order valence-electron chi connectivity index (χ2n) is 3.93. The van der Waals surface area contributed by atoms with Crippen LogP contribution in [0.5, 0.6) is 0 Å². The molecule has 0 amide bonds. The van der Waals surface area contributed by atoms with Crippen molar-refractivity contribution in [2.45, 2.75) is 25.8 Å². The molecule has 1 saturated heterocycles. The summed E-state index contributed by atoms with van der Waals surface area (Å²) in [5, 5.41) is 7.49. The minimum atomic E-state index is -0.329. The van der Waals surface area contributed by atoms with Crippen LogP contribution in [0, 0.1) is 0 Å². The van der Waals surface area contributed by atoms with E-state index in [1.807, 2.05) is 6.08 Å². The van der Waals surface area contributed by atoms with Crippen LogP contribution in [0.1, 0.15) is 25.1 Å². The van der Waals surface area contributed by atoms with Gasteiger partial charge >= 0.3 is 5.97 Å². The lowest BCUT2D eigenvalue weighted by Crippen LogP contribution is -2.19. The first kappa shape index (κ1) is 14.5. The third-order valence-electron chi connectivity index (χ3n) is 2.60. The molecule has 6 nitrogen and oxygen atoms in total. The third-order valence-corrected chi connectivity index (χ3v) is 2.60. The Morgan fingerprint density at radius 3 is 3.11 bits per heavy atom. The first-order chi connectivity index (χ1) is 8.28. The van der Waals surface area contributed by atoms with E-state index < -0.39 is 0 Å². The number of esters is 1. The average molecular weight is 273 g/mol. The Morgan fingerprint density at radius 1 is 1.61 bits per heavy atom. The molecule has 0 unspecified atom stereocenters. The maximum Gasteiger partial charge on any atom is 0.327 e. The third kappa shape index (κ3) is 4.03. The van der Waals surface area contributed by atoms with E-state index >= 15 is 0 Å². The molecule has 0 spiro atoms. The van der Waals surface area contributed by atoms with Crippen LogP contribution >= 0.6 is 12.4 Å². The van der Waals surface area contributed by atoms with E-state index in [-0.39, 0.29) is 24.9 Å². The number of carbonyl (C=O) groups is 1. The highest BCUT2D eigenvalue weighted by Gasteiger charge is 2.07. The molecule has 0 saturated carbocycles. The van der Waals surface area contributed by atoms with Gasteiger partial charge in [0.05, 0.1) is 7.11 Å².